The lowest BCUT2D eigenvalue weighted by Gasteiger charge is -2.12. The number of carbonyl (C=O) groups is 3. The summed E-state index contributed by atoms with van der Waals surface area (Å²) in [4.78, 5) is 41.3. The van der Waals surface area contributed by atoms with Gasteiger partial charge in [-0.1, -0.05) is 17.2 Å². The molecule has 2 aromatic carbocycles. The highest BCUT2D eigenvalue weighted by Crippen LogP contribution is 2.23. The van der Waals surface area contributed by atoms with Gasteiger partial charge in [0, 0.05) is 0 Å². The molecule has 2 amide bonds. The summed E-state index contributed by atoms with van der Waals surface area (Å²) in [5.74, 6) is -2.42. The number of imide groups is 1. The number of rotatable bonds is 4. The van der Waals surface area contributed by atoms with Crippen molar-refractivity contribution in [3.63, 3.8) is 0 Å². The fourth-order valence-corrected chi connectivity index (χ4v) is 3.00. The molecule has 128 valence electrons. The van der Waals surface area contributed by atoms with Gasteiger partial charge in [-0.15, -0.1) is 0 Å². The Morgan fingerprint density at radius 1 is 0.960 bits per heavy atom. The summed E-state index contributed by atoms with van der Waals surface area (Å²) < 4.78 is 25.4. The summed E-state index contributed by atoms with van der Waals surface area (Å²) in [5, 5.41) is 0.394. The molecule has 0 bridgehead atoms. The monoisotopic (exact) mass is 360 g/mol. The van der Waals surface area contributed by atoms with Crippen LogP contribution in [0.4, 0.5) is 0 Å². The number of benzene rings is 2. The van der Waals surface area contributed by atoms with Gasteiger partial charge in [0.05, 0.1) is 21.6 Å². The molecule has 3 rings (SSSR count). The van der Waals surface area contributed by atoms with Crippen molar-refractivity contribution in [3.8, 4) is 0 Å². The van der Waals surface area contributed by atoms with E-state index in [1.165, 1.54) is 43.4 Å². The van der Waals surface area contributed by atoms with Crippen LogP contribution in [0.5, 0.6) is 0 Å². The van der Waals surface area contributed by atoms with E-state index < -0.39 is 27.8 Å². The van der Waals surface area contributed by atoms with Gasteiger partial charge in [-0.2, -0.15) is 0 Å². The number of hydroxylamine groups is 2. The summed E-state index contributed by atoms with van der Waals surface area (Å²) in [7, 11) is -2.37. The Morgan fingerprint density at radius 2 is 1.48 bits per heavy atom. The van der Waals surface area contributed by atoms with Crippen LogP contribution in [0.3, 0.4) is 0 Å². The topological polar surface area (TPSA) is 110 Å². The number of nitrogens with zero attached hydrogens (tertiary/aromatic N) is 1. The Labute approximate surface area is 143 Å². The van der Waals surface area contributed by atoms with E-state index in [2.05, 4.69) is 4.72 Å². The third-order valence-corrected chi connectivity index (χ3v) is 5.03. The van der Waals surface area contributed by atoms with Gasteiger partial charge in [-0.05, 0) is 43.4 Å². The number of sulfonamides is 1. The molecule has 2 aromatic rings. The van der Waals surface area contributed by atoms with Crippen LogP contribution >= 0.6 is 0 Å². The van der Waals surface area contributed by atoms with E-state index in [-0.39, 0.29) is 21.6 Å². The second kappa shape index (κ2) is 6.11. The zero-order chi connectivity index (χ0) is 18.2. The number of fused-ring (bicyclic) bond motifs is 1. The number of hydrogen-bond acceptors (Lipinski definition) is 6. The molecule has 0 saturated carbocycles. The van der Waals surface area contributed by atoms with Crippen molar-refractivity contribution in [2.24, 2.45) is 0 Å². The third kappa shape index (κ3) is 2.90. The van der Waals surface area contributed by atoms with Crippen LogP contribution in [-0.2, 0) is 14.9 Å². The van der Waals surface area contributed by atoms with Gasteiger partial charge in [-0.25, -0.2) is 17.9 Å². The van der Waals surface area contributed by atoms with E-state index in [0.717, 1.165) is 0 Å². The Balaban J connectivity index is 1.80. The Morgan fingerprint density at radius 3 is 1.96 bits per heavy atom. The molecule has 0 aromatic heterocycles. The molecule has 9 heteroatoms. The molecule has 0 atom stereocenters. The summed E-state index contributed by atoms with van der Waals surface area (Å²) in [6.45, 7) is 0. The van der Waals surface area contributed by atoms with Gasteiger partial charge in [-0.3, -0.25) is 9.59 Å². The lowest BCUT2D eigenvalue weighted by molar-refractivity contribution is -0.0584. The predicted molar refractivity (Wildman–Crippen MR) is 85.0 cm³/mol. The molecule has 25 heavy (non-hydrogen) atoms. The van der Waals surface area contributed by atoms with E-state index >= 15 is 0 Å². The number of carbonyl (C=O) groups excluding carboxylic acids is 3. The molecular weight excluding hydrogens is 348 g/mol. The Kier molecular flexibility index (Phi) is 4.11. The molecule has 1 aliphatic heterocycles. The van der Waals surface area contributed by atoms with Gasteiger partial charge in [0.2, 0.25) is 10.0 Å². The molecule has 1 heterocycles. The van der Waals surface area contributed by atoms with Crippen LogP contribution in [0.15, 0.2) is 53.4 Å². The van der Waals surface area contributed by atoms with Crippen molar-refractivity contribution < 1.29 is 27.6 Å². The van der Waals surface area contributed by atoms with E-state index in [1.54, 1.807) is 12.1 Å². The minimum Gasteiger partial charge on any atom is -0.324 e. The molecule has 1 aliphatic rings. The SMILES string of the molecule is CNS(=O)(=O)c1ccc(C(=O)ON2C(=O)c3ccccc3C2=O)cc1. The van der Waals surface area contributed by atoms with Crippen LogP contribution in [-0.4, -0.2) is 38.3 Å². The number of hydrogen-bond donors (Lipinski definition) is 1. The first-order valence-electron chi connectivity index (χ1n) is 7.09. The van der Waals surface area contributed by atoms with Crippen molar-refractivity contribution in [2.75, 3.05) is 7.05 Å². The van der Waals surface area contributed by atoms with E-state index in [9.17, 15) is 22.8 Å². The fourth-order valence-electron chi connectivity index (χ4n) is 2.27. The standard InChI is InChI=1S/C16H12N2O6S/c1-17-25(22,23)11-8-6-10(7-9-11)16(21)24-18-14(19)12-4-2-3-5-13(12)15(18)20/h2-9,17H,1H3. The smallest absolute Gasteiger partial charge is 0.324 e. The van der Waals surface area contributed by atoms with Gasteiger partial charge >= 0.3 is 5.97 Å². The van der Waals surface area contributed by atoms with Crippen molar-refractivity contribution in [2.45, 2.75) is 4.90 Å². The molecule has 0 radical (unpaired) electrons. The largest absolute Gasteiger partial charge is 0.363 e. The Bertz CT molecular complexity index is 947. The van der Waals surface area contributed by atoms with Crippen molar-refractivity contribution in [1.82, 2.24) is 9.79 Å². The van der Waals surface area contributed by atoms with Crippen molar-refractivity contribution in [1.29, 1.82) is 0 Å². The average Bonchev–Trinajstić information content (AvgIpc) is 2.87. The average molecular weight is 360 g/mol. The maximum atomic E-state index is 12.1. The fraction of sp³-hybridized carbons (Fsp3) is 0.0625. The van der Waals surface area contributed by atoms with Crippen molar-refractivity contribution in [3.05, 3.63) is 65.2 Å². The van der Waals surface area contributed by atoms with Gasteiger partial charge < -0.3 is 4.84 Å². The maximum absolute atomic E-state index is 12.1. The first-order chi connectivity index (χ1) is 11.8. The third-order valence-electron chi connectivity index (χ3n) is 3.60. The van der Waals surface area contributed by atoms with Gasteiger partial charge in [0.25, 0.3) is 11.8 Å². The highest BCUT2D eigenvalue weighted by molar-refractivity contribution is 7.89. The number of nitrogens with one attached hydrogen (secondary N) is 1. The second-order valence-corrected chi connectivity index (χ2v) is 6.95. The minimum absolute atomic E-state index is 0.00777. The van der Waals surface area contributed by atoms with Crippen molar-refractivity contribution >= 4 is 27.8 Å². The summed E-state index contributed by atoms with van der Waals surface area (Å²) in [6, 6.07) is 11.0. The van der Waals surface area contributed by atoms with Crippen LogP contribution in [0.2, 0.25) is 0 Å². The quantitative estimate of drug-likeness (QED) is 0.814. The van der Waals surface area contributed by atoms with Gasteiger partial charge in [0.1, 0.15) is 0 Å². The van der Waals surface area contributed by atoms with Crippen LogP contribution < -0.4 is 4.72 Å². The van der Waals surface area contributed by atoms with Crippen LogP contribution in [0, 0.1) is 0 Å². The van der Waals surface area contributed by atoms with Gasteiger partial charge in [0.15, 0.2) is 0 Å². The molecule has 8 nitrogen and oxygen atoms in total. The zero-order valence-corrected chi connectivity index (χ0v) is 13.7. The van der Waals surface area contributed by atoms with E-state index in [4.69, 9.17) is 4.84 Å². The highest BCUT2D eigenvalue weighted by atomic mass is 32.2. The summed E-state index contributed by atoms with van der Waals surface area (Å²) >= 11 is 0. The molecule has 0 saturated heterocycles. The molecule has 1 N–H and O–H groups in total. The Hall–Kier alpha value is -3.04. The summed E-state index contributed by atoms with van der Waals surface area (Å²) in [6.07, 6.45) is 0. The predicted octanol–water partition coefficient (Wildman–Crippen LogP) is 0.963. The van der Waals surface area contributed by atoms with E-state index in [0.29, 0.717) is 5.06 Å². The highest BCUT2D eigenvalue weighted by Gasteiger charge is 2.38. The minimum atomic E-state index is -3.64. The first-order valence-corrected chi connectivity index (χ1v) is 8.57. The first kappa shape index (κ1) is 16.8. The normalized spacial score (nSPS) is 13.7. The molecular formula is C16H12N2O6S. The summed E-state index contributed by atoms with van der Waals surface area (Å²) in [5.41, 5.74) is 0.290. The molecule has 0 fully saturated rings. The molecule has 0 aliphatic carbocycles. The van der Waals surface area contributed by atoms with Crippen LogP contribution in [0.1, 0.15) is 31.1 Å². The lowest BCUT2D eigenvalue weighted by Crippen LogP contribution is -2.32. The molecule has 0 unspecified atom stereocenters. The molecule has 0 spiro atoms. The lowest BCUT2D eigenvalue weighted by atomic mass is 10.1. The van der Waals surface area contributed by atoms with Crippen LogP contribution in [0.25, 0.3) is 0 Å². The van der Waals surface area contributed by atoms with E-state index in [1.807, 2.05) is 0 Å². The second-order valence-electron chi connectivity index (χ2n) is 5.06. The zero-order valence-electron chi connectivity index (χ0n) is 12.9. The number of amides is 2. The maximum Gasteiger partial charge on any atom is 0.363 e.